The van der Waals surface area contributed by atoms with Crippen LogP contribution in [0.2, 0.25) is 0 Å². The zero-order valence-electron chi connectivity index (χ0n) is 11.1. The third kappa shape index (κ3) is 3.89. The van der Waals surface area contributed by atoms with Crippen LogP contribution in [0.5, 0.6) is 0 Å². The van der Waals surface area contributed by atoms with Gasteiger partial charge in [0.1, 0.15) is 6.04 Å². The van der Waals surface area contributed by atoms with Gasteiger partial charge >= 0.3 is 5.97 Å². The number of hydrogen-bond donors (Lipinski definition) is 1. The molecule has 0 saturated carbocycles. The lowest BCUT2D eigenvalue weighted by molar-refractivity contribution is -0.144. The second-order valence-corrected chi connectivity index (χ2v) is 4.48. The summed E-state index contributed by atoms with van der Waals surface area (Å²) < 4.78 is 6.89. The number of carbonyl (C=O) groups excluding carboxylic acids is 1. The van der Waals surface area contributed by atoms with Crippen molar-refractivity contribution in [3.05, 3.63) is 24.0 Å². The quantitative estimate of drug-likeness (QED) is 0.768. The van der Waals surface area contributed by atoms with Crippen molar-refractivity contribution < 1.29 is 9.53 Å². The smallest absolute Gasteiger partial charge is 0.323 e. The second kappa shape index (κ2) is 6.45. The number of nitrogens with one attached hydrogen (secondary N) is 1. The molecule has 0 unspecified atom stereocenters. The molecule has 1 heterocycles. The minimum atomic E-state index is -0.245. The van der Waals surface area contributed by atoms with Gasteiger partial charge in [-0.15, -0.1) is 0 Å². The van der Waals surface area contributed by atoms with Crippen molar-refractivity contribution >= 4 is 5.97 Å². The van der Waals surface area contributed by atoms with Crippen LogP contribution in [0.4, 0.5) is 0 Å². The number of hydrogen-bond acceptors (Lipinski definition) is 3. The number of carbonyl (C=O) groups is 1. The Morgan fingerprint density at radius 1 is 1.53 bits per heavy atom. The summed E-state index contributed by atoms with van der Waals surface area (Å²) >= 11 is 0. The number of methoxy groups -OCH3 is 1. The molecule has 1 N–H and O–H groups in total. The lowest BCUT2D eigenvalue weighted by Gasteiger charge is -2.19. The van der Waals surface area contributed by atoms with Crippen molar-refractivity contribution in [2.75, 3.05) is 7.11 Å². The number of rotatable bonds is 6. The molecule has 4 nitrogen and oxygen atoms in total. The molecule has 0 saturated heterocycles. The molecule has 0 spiro atoms. The van der Waals surface area contributed by atoms with E-state index in [4.69, 9.17) is 4.74 Å². The molecular formula is C13H22N2O2. The number of esters is 1. The average Bonchev–Trinajstić information content (AvgIpc) is 2.76. The molecular weight excluding hydrogens is 216 g/mol. The molecule has 0 amide bonds. The molecule has 1 atom stereocenters. The van der Waals surface area contributed by atoms with Crippen molar-refractivity contribution in [3.8, 4) is 0 Å². The van der Waals surface area contributed by atoms with Gasteiger partial charge in [-0.3, -0.25) is 4.79 Å². The molecule has 1 aromatic rings. The zero-order chi connectivity index (χ0) is 12.8. The summed E-state index contributed by atoms with van der Waals surface area (Å²) in [6.07, 6.45) is 4.13. The highest BCUT2D eigenvalue weighted by Crippen LogP contribution is 2.06. The van der Waals surface area contributed by atoms with Gasteiger partial charge in [0.2, 0.25) is 0 Å². The Balaban J connectivity index is 2.54. The van der Waals surface area contributed by atoms with Crippen LogP contribution in [-0.2, 0) is 22.6 Å². The van der Waals surface area contributed by atoms with E-state index < -0.39 is 0 Å². The minimum Gasteiger partial charge on any atom is -0.468 e. The molecule has 0 aliphatic carbocycles. The van der Waals surface area contributed by atoms with E-state index in [1.54, 1.807) is 0 Å². The standard InChI is InChI=1S/C13H22N2O2/c1-5-15-7-6-11(9-15)8-14-12(10(2)3)13(16)17-4/h6-7,9-10,12,14H,5,8H2,1-4H3/t12-/m0/s1. The van der Waals surface area contributed by atoms with Gasteiger partial charge in [-0.05, 0) is 24.5 Å². The predicted octanol–water partition coefficient (Wildman–Crippen LogP) is 1.80. The van der Waals surface area contributed by atoms with E-state index in [0.717, 1.165) is 6.54 Å². The molecule has 1 aromatic heterocycles. The Morgan fingerprint density at radius 3 is 2.71 bits per heavy atom. The van der Waals surface area contributed by atoms with E-state index in [-0.39, 0.29) is 17.9 Å². The monoisotopic (exact) mass is 238 g/mol. The topological polar surface area (TPSA) is 43.3 Å². The Labute approximate surface area is 103 Å². The minimum absolute atomic E-state index is 0.199. The van der Waals surface area contributed by atoms with Gasteiger partial charge in [0.05, 0.1) is 7.11 Å². The van der Waals surface area contributed by atoms with Crippen LogP contribution in [0.25, 0.3) is 0 Å². The van der Waals surface area contributed by atoms with Crippen molar-refractivity contribution in [3.63, 3.8) is 0 Å². The van der Waals surface area contributed by atoms with Gasteiger partial charge in [0.25, 0.3) is 0 Å². The van der Waals surface area contributed by atoms with Gasteiger partial charge in [-0.25, -0.2) is 0 Å². The SMILES string of the molecule is CCn1ccc(CN[C@H](C(=O)OC)C(C)C)c1. The van der Waals surface area contributed by atoms with E-state index in [0.29, 0.717) is 6.54 Å². The summed E-state index contributed by atoms with van der Waals surface area (Å²) in [6.45, 7) is 7.76. The van der Waals surface area contributed by atoms with Crippen molar-refractivity contribution in [2.45, 2.75) is 39.9 Å². The van der Waals surface area contributed by atoms with E-state index in [2.05, 4.69) is 29.1 Å². The first-order valence-electron chi connectivity index (χ1n) is 6.04. The average molecular weight is 238 g/mol. The van der Waals surface area contributed by atoms with Crippen LogP contribution in [0.3, 0.4) is 0 Å². The molecule has 17 heavy (non-hydrogen) atoms. The maximum atomic E-state index is 11.5. The molecule has 1 rings (SSSR count). The summed E-state index contributed by atoms with van der Waals surface area (Å²) in [7, 11) is 1.42. The van der Waals surface area contributed by atoms with Crippen LogP contribution in [0.15, 0.2) is 18.5 Å². The summed E-state index contributed by atoms with van der Waals surface area (Å²) in [6, 6.07) is 1.82. The zero-order valence-corrected chi connectivity index (χ0v) is 11.1. The van der Waals surface area contributed by atoms with Crippen molar-refractivity contribution in [1.29, 1.82) is 0 Å². The maximum absolute atomic E-state index is 11.5. The van der Waals surface area contributed by atoms with Crippen LogP contribution < -0.4 is 5.32 Å². The molecule has 4 heteroatoms. The molecule has 96 valence electrons. The summed E-state index contributed by atoms with van der Waals surface area (Å²) in [5.41, 5.74) is 1.18. The molecule has 0 aromatic carbocycles. The summed E-state index contributed by atoms with van der Waals surface area (Å²) in [5, 5.41) is 3.24. The Bertz CT molecular complexity index is 358. The van der Waals surface area contributed by atoms with E-state index in [1.807, 2.05) is 20.0 Å². The van der Waals surface area contributed by atoms with Gasteiger partial charge in [0.15, 0.2) is 0 Å². The highest BCUT2D eigenvalue weighted by Gasteiger charge is 2.22. The predicted molar refractivity (Wildman–Crippen MR) is 67.6 cm³/mol. The van der Waals surface area contributed by atoms with Gasteiger partial charge in [-0.1, -0.05) is 13.8 Å². The Morgan fingerprint density at radius 2 is 2.24 bits per heavy atom. The fraction of sp³-hybridized carbons (Fsp3) is 0.615. The molecule has 0 aliphatic rings. The highest BCUT2D eigenvalue weighted by molar-refractivity contribution is 5.75. The first-order chi connectivity index (χ1) is 8.08. The maximum Gasteiger partial charge on any atom is 0.323 e. The van der Waals surface area contributed by atoms with Gasteiger partial charge in [-0.2, -0.15) is 0 Å². The summed E-state index contributed by atoms with van der Waals surface area (Å²) in [4.78, 5) is 11.5. The molecule has 0 bridgehead atoms. The normalized spacial score (nSPS) is 12.8. The third-order valence-electron chi connectivity index (χ3n) is 2.82. The first kappa shape index (κ1) is 13.8. The highest BCUT2D eigenvalue weighted by atomic mass is 16.5. The molecule has 0 radical (unpaired) electrons. The van der Waals surface area contributed by atoms with Crippen molar-refractivity contribution in [1.82, 2.24) is 9.88 Å². The van der Waals surface area contributed by atoms with E-state index in [9.17, 15) is 4.79 Å². The number of ether oxygens (including phenoxy) is 1. The van der Waals surface area contributed by atoms with E-state index >= 15 is 0 Å². The van der Waals surface area contributed by atoms with Crippen LogP contribution in [0, 0.1) is 5.92 Å². The van der Waals surface area contributed by atoms with Crippen LogP contribution in [0.1, 0.15) is 26.3 Å². The fourth-order valence-electron chi connectivity index (χ4n) is 1.74. The Kier molecular flexibility index (Phi) is 5.22. The first-order valence-corrected chi connectivity index (χ1v) is 6.04. The lowest BCUT2D eigenvalue weighted by atomic mass is 10.0. The number of aryl methyl sites for hydroxylation is 1. The Hall–Kier alpha value is -1.29. The fourth-order valence-corrected chi connectivity index (χ4v) is 1.74. The number of nitrogens with zero attached hydrogens (tertiary/aromatic N) is 1. The van der Waals surface area contributed by atoms with E-state index in [1.165, 1.54) is 12.7 Å². The third-order valence-corrected chi connectivity index (χ3v) is 2.82. The second-order valence-electron chi connectivity index (χ2n) is 4.48. The van der Waals surface area contributed by atoms with Gasteiger partial charge in [0, 0.05) is 25.5 Å². The number of aromatic nitrogens is 1. The van der Waals surface area contributed by atoms with Crippen LogP contribution in [-0.4, -0.2) is 23.7 Å². The van der Waals surface area contributed by atoms with Gasteiger partial charge < -0.3 is 14.6 Å². The molecule has 0 aliphatic heterocycles. The van der Waals surface area contributed by atoms with Crippen LogP contribution >= 0.6 is 0 Å². The largest absolute Gasteiger partial charge is 0.468 e. The molecule has 0 fully saturated rings. The summed E-state index contributed by atoms with van der Waals surface area (Å²) in [5.74, 6) is 0.0191. The lowest BCUT2D eigenvalue weighted by Crippen LogP contribution is -2.41. The van der Waals surface area contributed by atoms with Crippen molar-refractivity contribution in [2.24, 2.45) is 5.92 Å².